The van der Waals surface area contributed by atoms with E-state index < -0.39 is 34.6 Å². The number of nitrogens with one attached hydrogen (secondary N) is 1. The minimum atomic E-state index is -4.76. The third-order valence-corrected chi connectivity index (χ3v) is 5.88. The quantitative estimate of drug-likeness (QED) is 0.387. The number of benzene rings is 3. The van der Waals surface area contributed by atoms with E-state index in [1.54, 1.807) is 42.5 Å². The van der Waals surface area contributed by atoms with Crippen LogP contribution in [0, 0.1) is 17.1 Å². The molecule has 0 aliphatic carbocycles. The molecule has 3 aromatic rings. The number of nitrogens with zero attached hydrogens (tertiary/aromatic N) is 1. The van der Waals surface area contributed by atoms with Crippen LogP contribution in [0.1, 0.15) is 16.7 Å². The van der Waals surface area contributed by atoms with Gasteiger partial charge in [-0.25, -0.2) is 4.39 Å². The highest BCUT2D eigenvalue weighted by Crippen LogP contribution is 2.34. The number of thioether (sulfide) groups is 1. The number of hydrogen-bond donors (Lipinski definition) is 2. The smallest absolute Gasteiger partial charge is 0.324 e. The van der Waals surface area contributed by atoms with Gasteiger partial charge in [-0.2, -0.15) is 18.4 Å². The maximum atomic E-state index is 13.3. The summed E-state index contributed by atoms with van der Waals surface area (Å²) in [6.07, 6.45) is -4.76. The van der Waals surface area contributed by atoms with Crippen molar-refractivity contribution in [3.05, 3.63) is 95.3 Å². The Morgan fingerprint density at radius 1 is 1.03 bits per heavy atom. The van der Waals surface area contributed by atoms with Crippen molar-refractivity contribution in [2.24, 2.45) is 5.73 Å². The van der Waals surface area contributed by atoms with Crippen molar-refractivity contribution >= 4 is 23.4 Å². The number of rotatable bonds is 6. The Morgan fingerprint density at radius 2 is 1.69 bits per heavy atom. The number of nitrogens with two attached hydrogens (primary N) is 1. The van der Waals surface area contributed by atoms with Crippen LogP contribution in [-0.2, 0) is 16.5 Å². The zero-order valence-electron chi connectivity index (χ0n) is 16.5. The molecule has 0 radical (unpaired) electrons. The molecule has 0 aliphatic rings. The van der Waals surface area contributed by atoms with Crippen LogP contribution in [0.5, 0.6) is 0 Å². The molecule has 0 fully saturated rings. The van der Waals surface area contributed by atoms with Crippen molar-refractivity contribution in [2.75, 3.05) is 11.1 Å². The van der Waals surface area contributed by atoms with E-state index >= 15 is 0 Å². The summed E-state index contributed by atoms with van der Waals surface area (Å²) in [7, 11) is 0. The molecule has 3 N–H and O–H groups in total. The van der Waals surface area contributed by atoms with Gasteiger partial charge in [-0.15, -0.1) is 11.8 Å². The van der Waals surface area contributed by atoms with Gasteiger partial charge < -0.3 is 11.1 Å². The fraction of sp³-hybridized carbons (Fsp3) is 0.130. The standard InChI is InChI=1S/C23H17F4N3OS/c24-17-7-10-19(11-8-17)32-14-22(29,16-4-2-1-3-5-16)21(31)30-18-9-6-15(13-28)20(12-18)23(25,26)27/h1-12H,14,29H2,(H,30,31)/t22-/m1/s1. The molecule has 1 atom stereocenters. The lowest BCUT2D eigenvalue weighted by molar-refractivity contribution is -0.137. The molecule has 0 saturated carbocycles. The summed E-state index contributed by atoms with van der Waals surface area (Å²) in [5, 5.41) is 11.4. The summed E-state index contributed by atoms with van der Waals surface area (Å²) in [5.74, 6) is -1.09. The highest BCUT2D eigenvalue weighted by atomic mass is 32.2. The molecule has 0 bridgehead atoms. The van der Waals surface area contributed by atoms with Crippen molar-refractivity contribution in [1.82, 2.24) is 0 Å². The second-order valence-corrected chi connectivity index (χ2v) is 7.95. The van der Waals surface area contributed by atoms with E-state index in [1.165, 1.54) is 36.0 Å². The van der Waals surface area contributed by atoms with Crippen LogP contribution in [0.4, 0.5) is 23.2 Å². The normalized spacial score (nSPS) is 13.1. The predicted molar refractivity (Wildman–Crippen MR) is 114 cm³/mol. The SMILES string of the molecule is N#Cc1ccc(NC(=O)[C@@](N)(CSc2ccc(F)cc2)c2ccccc2)cc1C(F)(F)F. The fourth-order valence-electron chi connectivity index (χ4n) is 2.94. The second-order valence-electron chi connectivity index (χ2n) is 6.90. The lowest BCUT2D eigenvalue weighted by atomic mass is 9.92. The monoisotopic (exact) mass is 459 g/mol. The molecule has 4 nitrogen and oxygen atoms in total. The van der Waals surface area contributed by atoms with Gasteiger partial charge >= 0.3 is 6.18 Å². The van der Waals surface area contributed by atoms with E-state index in [-0.39, 0.29) is 11.4 Å². The van der Waals surface area contributed by atoms with Crippen LogP contribution in [0.25, 0.3) is 0 Å². The van der Waals surface area contributed by atoms with Crippen molar-refractivity contribution in [3.63, 3.8) is 0 Å². The van der Waals surface area contributed by atoms with E-state index in [0.717, 1.165) is 6.07 Å². The molecular formula is C23H17F4N3OS. The molecule has 0 spiro atoms. The van der Waals surface area contributed by atoms with Gasteiger partial charge in [0, 0.05) is 16.3 Å². The zero-order valence-corrected chi connectivity index (χ0v) is 17.3. The van der Waals surface area contributed by atoms with E-state index in [2.05, 4.69) is 5.32 Å². The van der Waals surface area contributed by atoms with Crippen molar-refractivity contribution in [3.8, 4) is 6.07 Å². The predicted octanol–water partition coefficient (Wildman–Crippen LogP) is 5.30. The number of carbonyl (C=O) groups is 1. The molecule has 0 heterocycles. The molecule has 3 aromatic carbocycles. The maximum Gasteiger partial charge on any atom is 0.417 e. The first kappa shape index (κ1) is 23.3. The lowest BCUT2D eigenvalue weighted by Crippen LogP contribution is -2.50. The first-order valence-electron chi connectivity index (χ1n) is 9.29. The molecule has 0 saturated heterocycles. The Labute approximate surface area is 186 Å². The second kappa shape index (κ2) is 9.42. The van der Waals surface area contributed by atoms with E-state index in [9.17, 15) is 22.4 Å². The maximum absolute atomic E-state index is 13.3. The largest absolute Gasteiger partial charge is 0.417 e. The number of anilines is 1. The average Bonchev–Trinajstić information content (AvgIpc) is 2.78. The Bertz CT molecular complexity index is 1140. The van der Waals surface area contributed by atoms with Gasteiger partial charge in [0.05, 0.1) is 17.2 Å². The molecule has 3 rings (SSSR count). The third kappa shape index (κ3) is 5.28. The van der Waals surface area contributed by atoms with Gasteiger partial charge in [0.15, 0.2) is 0 Å². The first-order chi connectivity index (χ1) is 15.1. The van der Waals surface area contributed by atoms with Crippen LogP contribution < -0.4 is 11.1 Å². The van der Waals surface area contributed by atoms with Gasteiger partial charge in [0.25, 0.3) is 0 Å². The van der Waals surface area contributed by atoms with Crippen molar-refractivity contribution in [1.29, 1.82) is 5.26 Å². The van der Waals surface area contributed by atoms with Gasteiger partial charge in [-0.1, -0.05) is 30.3 Å². The topological polar surface area (TPSA) is 78.9 Å². The number of halogens is 4. The van der Waals surface area contributed by atoms with Gasteiger partial charge in [0.2, 0.25) is 5.91 Å². The van der Waals surface area contributed by atoms with Gasteiger partial charge in [0.1, 0.15) is 11.4 Å². The molecule has 1 amide bonds. The molecule has 0 unspecified atom stereocenters. The summed E-state index contributed by atoms with van der Waals surface area (Å²) in [6, 6.07) is 18.4. The van der Waals surface area contributed by atoms with Crippen molar-refractivity contribution < 1.29 is 22.4 Å². The number of hydrogen-bond acceptors (Lipinski definition) is 4. The Hall–Kier alpha value is -3.35. The summed E-state index contributed by atoms with van der Waals surface area (Å²) < 4.78 is 53.0. The highest BCUT2D eigenvalue weighted by molar-refractivity contribution is 7.99. The number of alkyl halides is 3. The number of amides is 1. The Morgan fingerprint density at radius 3 is 2.28 bits per heavy atom. The first-order valence-corrected chi connectivity index (χ1v) is 10.3. The van der Waals surface area contributed by atoms with Crippen LogP contribution in [0.15, 0.2) is 77.7 Å². The number of carbonyl (C=O) groups excluding carboxylic acids is 1. The van der Waals surface area contributed by atoms with E-state index in [0.29, 0.717) is 16.5 Å². The van der Waals surface area contributed by atoms with Gasteiger partial charge in [-0.05, 0) is 48.0 Å². The lowest BCUT2D eigenvalue weighted by Gasteiger charge is -2.28. The highest BCUT2D eigenvalue weighted by Gasteiger charge is 2.37. The third-order valence-electron chi connectivity index (χ3n) is 4.68. The van der Waals surface area contributed by atoms with Crippen LogP contribution in [0.2, 0.25) is 0 Å². The van der Waals surface area contributed by atoms with Crippen LogP contribution in [0.3, 0.4) is 0 Å². The van der Waals surface area contributed by atoms with Gasteiger partial charge in [-0.3, -0.25) is 4.79 Å². The van der Waals surface area contributed by atoms with Crippen LogP contribution >= 0.6 is 11.8 Å². The van der Waals surface area contributed by atoms with Crippen LogP contribution in [-0.4, -0.2) is 11.7 Å². The summed E-state index contributed by atoms with van der Waals surface area (Å²) in [6.45, 7) is 0. The molecule has 32 heavy (non-hydrogen) atoms. The summed E-state index contributed by atoms with van der Waals surface area (Å²) in [5.41, 5.74) is 3.49. The minimum absolute atomic E-state index is 0.0386. The Kier molecular flexibility index (Phi) is 6.87. The van der Waals surface area contributed by atoms with Crippen molar-refractivity contribution in [2.45, 2.75) is 16.6 Å². The molecule has 0 aliphatic heterocycles. The minimum Gasteiger partial charge on any atom is -0.324 e. The Balaban J connectivity index is 1.91. The molecule has 0 aromatic heterocycles. The summed E-state index contributed by atoms with van der Waals surface area (Å²) >= 11 is 1.21. The fourth-order valence-corrected chi connectivity index (χ4v) is 3.96. The van der Waals surface area contributed by atoms with E-state index in [4.69, 9.17) is 11.0 Å². The van der Waals surface area contributed by atoms with E-state index in [1.807, 2.05) is 0 Å². The number of nitriles is 1. The molecule has 164 valence electrons. The summed E-state index contributed by atoms with van der Waals surface area (Å²) in [4.78, 5) is 13.8. The average molecular weight is 459 g/mol. The molecular weight excluding hydrogens is 442 g/mol. The zero-order chi connectivity index (χ0) is 23.4. The molecule has 9 heteroatoms.